The van der Waals surface area contributed by atoms with Crippen LogP contribution in [0.4, 0.5) is 10.1 Å². The number of aromatic nitrogens is 2. The highest BCUT2D eigenvalue weighted by Crippen LogP contribution is 2.34. The Morgan fingerprint density at radius 2 is 2.00 bits per heavy atom. The number of halogens is 1. The predicted molar refractivity (Wildman–Crippen MR) is 107 cm³/mol. The van der Waals surface area contributed by atoms with Crippen LogP contribution in [0.15, 0.2) is 57.7 Å². The molecule has 0 atom stereocenters. The summed E-state index contributed by atoms with van der Waals surface area (Å²) in [5.41, 5.74) is 2.32. The van der Waals surface area contributed by atoms with Crippen molar-refractivity contribution in [3.05, 3.63) is 70.6 Å². The minimum Gasteiger partial charge on any atom is -0.440 e. The Balaban J connectivity index is 1.48. The SMILES string of the molecule is [2H]c1c(N2CCC(c3nc4ccccc4o3)CC2)c2ccc(F)cc2n(C)c1=O. The number of pyridine rings is 1. The zero-order valence-corrected chi connectivity index (χ0v) is 15.5. The molecule has 1 aliphatic heterocycles. The smallest absolute Gasteiger partial charge is 0.252 e. The zero-order chi connectivity index (χ0) is 20.1. The summed E-state index contributed by atoms with van der Waals surface area (Å²) in [7, 11) is 1.57. The van der Waals surface area contributed by atoms with Gasteiger partial charge in [0.05, 0.1) is 12.6 Å². The Morgan fingerprint density at radius 3 is 2.79 bits per heavy atom. The normalized spacial score (nSPS) is 16.1. The number of anilines is 1. The number of nitrogens with zero attached hydrogens (tertiary/aromatic N) is 3. The molecule has 0 bridgehead atoms. The maximum Gasteiger partial charge on any atom is 0.252 e. The molecule has 1 aliphatic rings. The molecule has 2 aromatic heterocycles. The van der Waals surface area contributed by atoms with Crippen molar-refractivity contribution in [1.82, 2.24) is 9.55 Å². The van der Waals surface area contributed by atoms with Crippen LogP contribution in [0.25, 0.3) is 22.0 Å². The fraction of sp³-hybridized carbons (Fsp3) is 0.273. The monoisotopic (exact) mass is 378 g/mol. The standard InChI is InChI=1S/C22H20FN3O2/c1-25-18-12-15(23)6-7-16(18)19(13-21(25)27)26-10-8-14(9-11-26)22-24-17-4-2-3-5-20(17)28-22/h2-7,12-14H,8-11H2,1H3/i13D. The van der Waals surface area contributed by atoms with Gasteiger partial charge in [-0.25, -0.2) is 9.37 Å². The highest BCUT2D eigenvalue weighted by atomic mass is 19.1. The van der Waals surface area contributed by atoms with Crippen molar-refractivity contribution in [3.63, 3.8) is 0 Å². The Labute approximate surface area is 162 Å². The molecule has 4 aromatic rings. The van der Waals surface area contributed by atoms with E-state index in [1.165, 1.54) is 16.7 Å². The topological polar surface area (TPSA) is 51.3 Å². The first-order chi connectivity index (χ1) is 14.0. The summed E-state index contributed by atoms with van der Waals surface area (Å²) in [6.07, 6.45) is 1.62. The molecule has 0 amide bonds. The lowest BCUT2D eigenvalue weighted by molar-refractivity contribution is 0.407. The molecule has 0 aliphatic carbocycles. The van der Waals surface area contributed by atoms with E-state index in [1.807, 2.05) is 24.3 Å². The van der Waals surface area contributed by atoms with Gasteiger partial charge in [0.2, 0.25) is 0 Å². The first kappa shape index (κ1) is 15.9. The average Bonchev–Trinajstić information content (AvgIpc) is 3.17. The van der Waals surface area contributed by atoms with Gasteiger partial charge < -0.3 is 13.9 Å². The molecule has 2 aromatic carbocycles. The van der Waals surface area contributed by atoms with Crippen molar-refractivity contribution in [1.29, 1.82) is 0 Å². The number of aryl methyl sites for hydroxylation is 1. The van der Waals surface area contributed by atoms with Gasteiger partial charge in [-0.3, -0.25) is 4.79 Å². The number of benzene rings is 2. The van der Waals surface area contributed by atoms with Crippen molar-refractivity contribution in [3.8, 4) is 0 Å². The number of rotatable bonds is 2. The summed E-state index contributed by atoms with van der Waals surface area (Å²) in [4.78, 5) is 19.2. The lowest BCUT2D eigenvalue weighted by Crippen LogP contribution is -2.34. The summed E-state index contributed by atoms with van der Waals surface area (Å²) in [5, 5.41) is 0.721. The van der Waals surface area contributed by atoms with Crippen LogP contribution in [0.1, 0.15) is 26.0 Å². The summed E-state index contributed by atoms with van der Waals surface area (Å²) >= 11 is 0. The summed E-state index contributed by atoms with van der Waals surface area (Å²) < 4.78 is 29.4. The van der Waals surface area contributed by atoms with E-state index in [0.29, 0.717) is 24.3 Å². The predicted octanol–water partition coefficient (Wildman–Crippen LogP) is 4.20. The van der Waals surface area contributed by atoms with Gasteiger partial charge in [-0.2, -0.15) is 0 Å². The van der Waals surface area contributed by atoms with E-state index in [1.54, 1.807) is 13.1 Å². The average molecular weight is 378 g/mol. The Morgan fingerprint density at radius 1 is 1.21 bits per heavy atom. The van der Waals surface area contributed by atoms with Crippen LogP contribution >= 0.6 is 0 Å². The van der Waals surface area contributed by atoms with Gasteiger partial charge in [-0.05, 0) is 43.2 Å². The lowest BCUT2D eigenvalue weighted by Gasteiger charge is -2.33. The van der Waals surface area contributed by atoms with Crippen LogP contribution in [0, 0.1) is 5.82 Å². The number of fused-ring (bicyclic) bond motifs is 2. The zero-order valence-electron chi connectivity index (χ0n) is 16.5. The highest BCUT2D eigenvalue weighted by Gasteiger charge is 2.26. The second-order valence-corrected chi connectivity index (χ2v) is 7.28. The molecule has 0 radical (unpaired) electrons. The second-order valence-electron chi connectivity index (χ2n) is 7.28. The van der Waals surface area contributed by atoms with Crippen LogP contribution in [0.2, 0.25) is 0 Å². The van der Waals surface area contributed by atoms with E-state index < -0.39 is 11.4 Å². The fourth-order valence-corrected chi connectivity index (χ4v) is 4.01. The van der Waals surface area contributed by atoms with Crippen LogP contribution in [-0.2, 0) is 7.05 Å². The van der Waals surface area contributed by atoms with Crippen molar-refractivity contribution < 1.29 is 10.2 Å². The third-order valence-electron chi connectivity index (χ3n) is 5.58. The number of oxazole rings is 1. The molecule has 142 valence electrons. The van der Waals surface area contributed by atoms with E-state index in [0.717, 1.165) is 35.2 Å². The molecule has 5 nitrogen and oxygen atoms in total. The van der Waals surface area contributed by atoms with E-state index >= 15 is 0 Å². The van der Waals surface area contributed by atoms with Crippen LogP contribution in [0.5, 0.6) is 0 Å². The molecule has 0 unspecified atom stereocenters. The minimum atomic E-state index is -0.417. The quantitative estimate of drug-likeness (QED) is 0.525. The number of hydrogen-bond acceptors (Lipinski definition) is 4. The van der Waals surface area contributed by atoms with Gasteiger partial charge in [0.15, 0.2) is 11.5 Å². The second kappa shape index (κ2) is 6.48. The van der Waals surface area contributed by atoms with Crippen molar-refractivity contribution in [2.75, 3.05) is 18.0 Å². The fourth-order valence-electron chi connectivity index (χ4n) is 4.01. The van der Waals surface area contributed by atoms with Gasteiger partial charge in [-0.15, -0.1) is 0 Å². The minimum absolute atomic E-state index is 0.0491. The van der Waals surface area contributed by atoms with Crippen LogP contribution in [-0.4, -0.2) is 22.6 Å². The lowest BCUT2D eigenvalue weighted by atomic mass is 9.96. The maximum atomic E-state index is 13.8. The summed E-state index contributed by atoms with van der Waals surface area (Å²) in [6.45, 7) is 1.35. The molecule has 5 rings (SSSR count). The number of hydrogen-bond donors (Lipinski definition) is 0. The first-order valence-corrected chi connectivity index (χ1v) is 9.42. The van der Waals surface area contributed by atoms with E-state index in [2.05, 4.69) is 9.88 Å². The third-order valence-corrected chi connectivity index (χ3v) is 5.58. The van der Waals surface area contributed by atoms with Gasteiger partial charge in [0.25, 0.3) is 5.56 Å². The van der Waals surface area contributed by atoms with Crippen LogP contribution < -0.4 is 10.5 Å². The van der Waals surface area contributed by atoms with Crippen LogP contribution in [0.3, 0.4) is 0 Å². The van der Waals surface area contributed by atoms with E-state index in [9.17, 15) is 9.18 Å². The largest absolute Gasteiger partial charge is 0.440 e. The molecule has 0 saturated carbocycles. The third kappa shape index (κ3) is 2.76. The van der Waals surface area contributed by atoms with E-state index in [-0.39, 0.29) is 12.0 Å². The van der Waals surface area contributed by atoms with Crippen molar-refractivity contribution >= 4 is 27.7 Å². The summed E-state index contributed by atoms with van der Waals surface area (Å²) in [5.74, 6) is 0.543. The molecular weight excluding hydrogens is 357 g/mol. The van der Waals surface area contributed by atoms with Gasteiger partial charge in [-0.1, -0.05) is 12.1 Å². The number of para-hydroxylation sites is 2. The highest BCUT2D eigenvalue weighted by molar-refractivity contribution is 5.92. The number of piperidine rings is 1. The van der Waals surface area contributed by atoms with Gasteiger partial charge in [0, 0.05) is 37.5 Å². The molecule has 1 fully saturated rings. The first-order valence-electron chi connectivity index (χ1n) is 9.92. The molecule has 1 saturated heterocycles. The van der Waals surface area contributed by atoms with Crippen molar-refractivity contribution in [2.24, 2.45) is 7.05 Å². The molecule has 28 heavy (non-hydrogen) atoms. The maximum absolute atomic E-state index is 13.8. The van der Waals surface area contributed by atoms with Crippen molar-refractivity contribution in [2.45, 2.75) is 18.8 Å². The van der Waals surface area contributed by atoms with E-state index in [4.69, 9.17) is 5.79 Å². The molecule has 0 spiro atoms. The molecule has 0 N–H and O–H groups in total. The van der Waals surface area contributed by atoms with Gasteiger partial charge >= 0.3 is 0 Å². The molecule has 6 heteroatoms. The Kier molecular flexibility index (Phi) is 3.67. The molecular formula is C22H20FN3O2. The summed E-state index contributed by atoms with van der Waals surface area (Å²) in [6, 6.07) is 12.1. The Bertz CT molecular complexity index is 1260. The van der Waals surface area contributed by atoms with Gasteiger partial charge in [0.1, 0.15) is 11.3 Å². The molecule has 3 heterocycles. The Hall–Kier alpha value is -3.15.